The zero-order valence-electron chi connectivity index (χ0n) is 12.2. The maximum atomic E-state index is 12.8. The van der Waals surface area contributed by atoms with Crippen LogP contribution >= 0.6 is 11.3 Å². The first-order chi connectivity index (χ1) is 10.6. The minimum absolute atomic E-state index is 0.0111. The first kappa shape index (κ1) is 13.9. The maximum absolute atomic E-state index is 12.8. The van der Waals surface area contributed by atoms with Crippen LogP contribution in [0.5, 0.6) is 0 Å². The van der Waals surface area contributed by atoms with Gasteiger partial charge in [-0.05, 0) is 31.7 Å². The summed E-state index contributed by atoms with van der Waals surface area (Å²) in [5.41, 5.74) is 0.155. The van der Waals surface area contributed by atoms with Crippen molar-refractivity contribution in [3.05, 3.63) is 31.3 Å². The SMILES string of the molecule is Cc1c(C=O)sc2c1c(=O)n(C1CC1)c(=O)n2CC1CCO1. The highest BCUT2D eigenvalue weighted by atomic mass is 32.1. The van der Waals surface area contributed by atoms with Crippen LogP contribution in [-0.2, 0) is 11.3 Å². The van der Waals surface area contributed by atoms with E-state index < -0.39 is 0 Å². The number of aromatic nitrogens is 2. The molecule has 1 aliphatic carbocycles. The Hall–Kier alpha value is -1.73. The van der Waals surface area contributed by atoms with Gasteiger partial charge in [0, 0.05) is 12.6 Å². The summed E-state index contributed by atoms with van der Waals surface area (Å²) in [7, 11) is 0. The van der Waals surface area contributed by atoms with Crippen molar-refractivity contribution in [3.63, 3.8) is 0 Å². The van der Waals surface area contributed by atoms with Crippen LogP contribution in [-0.4, -0.2) is 28.1 Å². The fourth-order valence-corrected chi connectivity index (χ4v) is 4.06. The number of carbonyl (C=O) groups is 1. The lowest BCUT2D eigenvalue weighted by atomic mass is 10.2. The van der Waals surface area contributed by atoms with E-state index in [2.05, 4.69) is 0 Å². The average Bonchev–Trinajstić information content (AvgIpc) is 3.20. The van der Waals surface area contributed by atoms with Crippen molar-refractivity contribution in [2.75, 3.05) is 6.61 Å². The van der Waals surface area contributed by atoms with Crippen LogP contribution in [0.2, 0.25) is 0 Å². The number of hydrogen-bond donors (Lipinski definition) is 0. The maximum Gasteiger partial charge on any atom is 0.332 e. The molecule has 0 radical (unpaired) electrons. The predicted molar refractivity (Wildman–Crippen MR) is 83.1 cm³/mol. The molecule has 0 spiro atoms. The largest absolute Gasteiger partial charge is 0.376 e. The van der Waals surface area contributed by atoms with E-state index in [9.17, 15) is 14.4 Å². The second-order valence-corrected chi connectivity index (χ2v) is 7.00. The highest BCUT2D eigenvalue weighted by Crippen LogP contribution is 2.34. The van der Waals surface area contributed by atoms with Gasteiger partial charge in [0.25, 0.3) is 5.56 Å². The number of carbonyl (C=O) groups excluding carboxylic acids is 1. The van der Waals surface area contributed by atoms with Crippen molar-refractivity contribution in [2.45, 2.75) is 44.9 Å². The van der Waals surface area contributed by atoms with E-state index in [-0.39, 0.29) is 23.4 Å². The Balaban J connectivity index is 2.04. The smallest absolute Gasteiger partial charge is 0.332 e. The molecule has 2 fully saturated rings. The van der Waals surface area contributed by atoms with E-state index in [0.29, 0.717) is 33.8 Å². The zero-order chi connectivity index (χ0) is 15.4. The molecule has 116 valence electrons. The third kappa shape index (κ3) is 1.92. The Labute approximate surface area is 129 Å². The standard InChI is InChI=1S/C15H16N2O4S/c1-8-11(7-18)22-14-12(8)13(19)17(9-2-3-9)15(20)16(14)6-10-4-5-21-10/h7,9-10H,2-6H2,1H3. The number of fused-ring (bicyclic) bond motifs is 1. The first-order valence-corrected chi connectivity index (χ1v) is 8.28. The van der Waals surface area contributed by atoms with E-state index in [0.717, 1.165) is 25.5 Å². The fourth-order valence-electron chi connectivity index (χ4n) is 2.94. The Morgan fingerprint density at radius 2 is 2.05 bits per heavy atom. The highest BCUT2D eigenvalue weighted by molar-refractivity contribution is 7.20. The van der Waals surface area contributed by atoms with Gasteiger partial charge >= 0.3 is 5.69 Å². The van der Waals surface area contributed by atoms with E-state index in [4.69, 9.17) is 4.74 Å². The quantitative estimate of drug-likeness (QED) is 0.800. The Morgan fingerprint density at radius 3 is 2.59 bits per heavy atom. The van der Waals surface area contributed by atoms with E-state index >= 15 is 0 Å². The topological polar surface area (TPSA) is 70.3 Å². The minimum atomic E-state index is -0.269. The third-order valence-electron chi connectivity index (χ3n) is 4.48. The van der Waals surface area contributed by atoms with E-state index in [1.165, 1.54) is 15.9 Å². The van der Waals surface area contributed by atoms with Gasteiger partial charge in [-0.15, -0.1) is 11.3 Å². The second-order valence-electron chi connectivity index (χ2n) is 5.97. The number of aldehydes is 1. The molecule has 1 saturated heterocycles. The lowest BCUT2D eigenvalue weighted by Gasteiger charge is -2.27. The summed E-state index contributed by atoms with van der Waals surface area (Å²) >= 11 is 1.22. The summed E-state index contributed by atoms with van der Waals surface area (Å²) in [6.45, 7) is 2.93. The van der Waals surface area contributed by atoms with Gasteiger partial charge in [-0.1, -0.05) is 0 Å². The van der Waals surface area contributed by atoms with Crippen molar-refractivity contribution in [2.24, 2.45) is 0 Å². The number of aryl methyl sites for hydroxylation is 1. The molecule has 4 rings (SSSR count). The van der Waals surface area contributed by atoms with E-state index in [1.54, 1.807) is 11.5 Å². The molecule has 0 N–H and O–H groups in total. The van der Waals surface area contributed by atoms with E-state index in [1.807, 2.05) is 0 Å². The van der Waals surface area contributed by atoms with Gasteiger partial charge in [-0.2, -0.15) is 0 Å². The van der Waals surface area contributed by atoms with Gasteiger partial charge < -0.3 is 4.74 Å². The van der Waals surface area contributed by atoms with Crippen LogP contribution in [0.4, 0.5) is 0 Å². The fraction of sp³-hybridized carbons (Fsp3) is 0.533. The van der Waals surface area contributed by atoms with Crippen LogP contribution in [0.1, 0.15) is 40.5 Å². The molecular weight excluding hydrogens is 304 g/mol. The summed E-state index contributed by atoms with van der Waals surface area (Å²) < 4.78 is 8.43. The van der Waals surface area contributed by atoms with Crippen molar-refractivity contribution in [1.82, 2.24) is 9.13 Å². The van der Waals surface area contributed by atoms with Gasteiger partial charge in [0.15, 0.2) is 6.29 Å². The van der Waals surface area contributed by atoms with Gasteiger partial charge in [0.1, 0.15) is 4.83 Å². The average molecular weight is 320 g/mol. The molecule has 2 aromatic rings. The zero-order valence-corrected chi connectivity index (χ0v) is 13.0. The van der Waals surface area contributed by atoms with Gasteiger partial charge in [0.05, 0.1) is 22.9 Å². The van der Waals surface area contributed by atoms with Gasteiger partial charge in [-0.3, -0.25) is 18.7 Å². The molecule has 0 aromatic carbocycles. The molecule has 7 heteroatoms. The van der Waals surface area contributed by atoms with Crippen molar-refractivity contribution < 1.29 is 9.53 Å². The Bertz CT molecular complexity index is 884. The van der Waals surface area contributed by atoms with Crippen LogP contribution < -0.4 is 11.2 Å². The summed E-state index contributed by atoms with van der Waals surface area (Å²) in [4.78, 5) is 37.8. The Kier molecular flexibility index (Phi) is 3.09. The lowest BCUT2D eigenvalue weighted by Crippen LogP contribution is -2.43. The molecule has 1 aliphatic heterocycles. The normalized spacial score (nSPS) is 21.0. The van der Waals surface area contributed by atoms with Crippen LogP contribution in [0.25, 0.3) is 10.2 Å². The molecular formula is C15H16N2O4S. The number of ether oxygens (including phenoxy) is 1. The molecule has 1 unspecified atom stereocenters. The third-order valence-corrected chi connectivity index (χ3v) is 5.72. The molecule has 6 nitrogen and oxygen atoms in total. The van der Waals surface area contributed by atoms with Crippen molar-refractivity contribution in [3.8, 4) is 0 Å². The van der Waals surface area contributed by atoms with Crippen molar-refractivity contribution >= 4 is 27.8 Å². The number of hydrogen-bond acceptors (Lipinski definition) is 5. The summed E-state index contributed by atoms with van der Waals surface area (Å²) in [5, 5.41) is 0.512. The van der Waals surface area contributed by atoms with Gasteiger partial charge in [0.2, 0.25) is 0 Å². The minimum Gasteiger partial charge on any atom is -0.376 e. The summed E-state index contributed by atoms with van der Waals surface area (Å²) in [6.07, 6.45) is 3.43. The molecule has 1 atom stereocenters. The molecule has 0 bridgehead atoms. The number of nitrogens with zero attached hydrogens (tertiary/aromatic N) is 2. The van der Waals surface area contributed by atoms with Crippen LogP contribution in [0.3, 0.4) is 0 Å². The predicted octanol–water partition coefficient (Wildman–Crippen LogP) is 1.47. The summed E-state index contributed by atoms with van der Waals surface area (Å²) in [6, 6.07) is 0.0111. The monoisotopic (exact) mass is 320 g/mol. The molecule has 2 aromatic heterocycles. The van der Waals surface area contributed by atoms with Crippen LogP contribution in [0, 0.1) is 6.92 Å². The van der Waals surface area contributed by atoms with Crippen molar-refractivity contribution in [1.29, 1.82) is 0 Å². The molecule has 1 saturated carbocycles. The number of rotatable bonds is 4. The lowest BCUT2D eigenvalue weighted by molar-refractivity contribution is -0.0593. The summed E-state index contributed by atoms with van der Waals surface area (Å²) in [5.74, 6) is 0. The molecule has 2 aliphatic rings. The van der Waals surface area contributed by atoms with Crippen LogP contribution in [0.15, 0.2) is 9.59 Å². The first-order valence-electron chi connectivity index (χ1n) is 7.47. The number of thiophene rings is 1. The second kappa shape index (κ2) is 4.89. The van der Waals surface area contributed by atoms with Gasteiger partial charge in [-0.25, -0.2) is 4.79 Å². The highest BCUT2D eigenvalue weighted by Gasteiger charge is 2.31. The molecule has 0 amide bonds. The molecule has 22 heavy (non-hydrogen) atoms. The molecule has 3 heterocycles. The Morgan fingerprint density at radius 1 is 1.32 bits per heavy atom.